The Morgan fingerprint density at radius 1 is 0.288 bits per heavy atom. The molecule has 0 amide bonds. The number of nitrogens with zero attached hydrogens (tertiary/aromatic N) is 4. The van der Waals surface area contributed by atoms with Crippen LogP contribution in [0.3, 0.4) is 0 Å². The van der Waals surface area contributed by atoms with Gasteiger partial charge in [-0.05, 0) is 80.8 Å². The fourth-order valence-corrected chi connectivity index (χ4v) is 7.30. The van der Waals surface area contributed by atoms with Crippen molar-refractivity contribution >= 4 is 43.1 Å². The highest BCUT2D eigenvalue weighted by Gasteiger charge is 2.17. The van der Waals surface area contributed by atoms with Crippen LogP contribution in [0.25, 0.3) is 99.5 Å². The summed E-state index contributed by atoms with van der Waals surface area (Å²) in [6, 6.07) is 59.5. The molecule has 3 heterocycles. The summed E-state index contributed by atoms with van der Waals surface area (Å²) in [4.78, 5) is 20.5. The number of hydrogen-bond acceptors (Lipinski definition) is 4. The first kappa shape index (κ1) is 29.8. The van der Waals surface area contributed by atoms with Crippen LogP contribution in [0.15, 0.2) is 182 Å². The fraction of sp³-hybridized carbons (Fsp3) is 0. The lowest BCUT2D eigenvalue weighted by molar-refractivity contribution is 1.18. The van der Waals surface area contributed by atoms with E-state index >= 15 is 0 Å². The van der Waals surface area contributed by atoms with E-state index in [1.165, 1.54) is 21.5 Å². The number of benzene rings is 7. The van der Waals surface area contributed by atoms with Crippen LogP contribution >= 0.6 is 0 Å². The third-order valence-corrected chi connectivity index (χ3v) is 9.90. The largest absolute Gasteiger partial charge is 0.256 e. The number of fused-ring (bicyclic) bond motifs is 4. The van der Waals surface area contributed by atoms with E-state index in [2.05, 4.69) is 170 Å². The molecule has 10 aromatic rings. The van der Waals surface area contributed by atoms with E-state index in [9.17, 15) is 0 Å². The molecule has 4 nitrogen and oxygen atoms in total. The van der Waals surface area contributed by atoms with E-state index in [4.69, 9.17) is 19.9 Å². The second kappa shape index (κ2) is 12.4. The van der Waals surface area contributed by atoms with Crippen molar-refractivity contribution in [2.45, 2.75) is 0 Å². The molecule has 0 atom stereocenters. The first-order valence-electron chi connectivity index (χ1n) is 17.4. The van der Waals surface area contributed by atoms with Crippen LogP contribution in [-0.4, -0.2) is 19.9 Å². The standard InChI is InChI=1S/C48H30N4/c1-3-13-35-25-37(19-17-31(35)9-1)44-30-45(38-20-18-32-10-2-4-14-36(32)26-38)52-48(51-44)41-28-39(46-42-15-7-5-11-33(42)21-23-49-46)27-40(29-41)47-43-16-8-6-12-34(43)22-24-50-47/h1-30H. The van der Waals surface area contributed by atoms with Crippen molar-refractivity contribution in [3.63, 3.8) is 0 Å². The predicted molar refractivity (Wildman–Crippen MR) is 215 cm³/mol. The summed E-state index contributed by atoms with van der Waals surface area (Å²) in [6.45, 7) is 0. The Balaban J connectivity index is 1.24. The minimum Gasteiger partial charge on any atom is -0.256 e. The average Bonchev–Trinajstić information content (AvgIpc) is 3.22. The second-order valence-electron chi connectivity index (χ2n) is 13.1. The van der Waals surface area contributed by atoms with Gasteiger partial charge in [-0.1, -0.05) is 121 Å². The Morgan fingerprint density at radius 3 is 1.21 bits per heavy atom. The molecule has 4 heteroatoms. The van der Waals surface area contributed by atoms with Gasteiger partial charge in [-0.2, -0.15) is 0 Å². The van der Waals surface area contributed by atoms with Crippen molar-refractivity contribution in [2.24, 2.45) is 0 Å². The molecule has 0 aliphatic heterocycles. The lowest BCUT2D eigenvalue weighted by atomic mass is 9.95. The maximum absolute atomic E-state index is 5.31. The lowest BCUT2D eigenvalue weighted by Gasteiger charge is -2.14. The van der Waals surface area contributed by atoms with Crippen LogP contribution in [0.5, 0.6) is 0 Å². The molecule has 0 unspecified atom stereocenters. The fourth-order valence-electron chi connectivity index (χ4n) is 7.30. The molecule has 242 valence electrons. The molecule has 52 heavy (non-hydrogen) atoms. The topological polar surface area (TPSA) is 51.6 Å². The van der Waals surface area contributed by atoms with Gasteiger partial charge in [-0.25, -0.2) is 9.97 Å². The summed E-state index contributed by atoms with van der Waals surface area (Å²) in [7, 11) is 0. The molecule has 0 spiro atoms. The summed E-state index contributed by atoms with van der Waals surface area (Å²) in [5.41, 5.74) is 8.44. The zero-order valence-corrected chi connectivity index (χ0v) is 28.1. The van der Waals surface area contributed by atoms with Gasteiger partial charge in [0.05, 0.1) is 22.8 Å². The predicted octanol–water partition coefficient (Wildman–Crippen LogP) is 12.2. The molecule has 0 aliphatic carbocycles. The van der Waals surface area contributed by atoms with Crippen LogP contribution in [0, 0.1) is 0 Å². The van der Waals surface area contributed by atoms with E-state index in [1.54, 1.807) is 0 Å². The number of hydrogen-bond donors (Lipinski definition) is 0. The number of rotatable bonds is 5. The maximum atomic E-state index is 5.31. The van der Waals surface area contributed by atoms with Crippen molar-refractivity contribution in [3.8, 4) is 56.4 Å². The first-order valence-corrected chi connectivity index (χ1v) is 17.4. The molecule has 0 saturated heterocycles. The normalized spacial score (nSPS) is 11.5. The smallest absolute Gasteiger partial charge is 0.160 e. The van der Waals surface area contributed by atoms with Crippen molar-refractivity contribution in [1.29, 1.82) is 0 Å². The monoisotopic (exact) mass is 662 g/mol. The lowest BCUT2D eigenvalue weighted by Crippen LogP contribution is -1.98. The molecular weight excluding hydrogens is 633 g/mol. The molecule has 0 fully saturated rings. The molecule has 10 rings (SSSR count). The van der Waals surface area contributed by atoms with E-state index in [1.807, 2.05) is 12.4 Å². The quantitative estimate of drug-likeness (QED) is 0.184. The van der Waals surface area contributed by atoms with Gasteiger partial charge in [0.25, 0.3) is 0 Å². The summed E-state index contributed by atoms with van der Waals surface area (Å²) >= 11 is 0. The van der Waals surface area contributed by atoms with Crippen LogP contribution in [-0.2, 0) is 0 Å². The highest BCUT2D eigenvalue weighted by molar-refractivity contribution is 5.99. The van der Waals surface area contributed by atoms with Crippen LogP contribution in [0.1, 0.15) is 0 Å². The van der Waals surface area contributed by atoms with Gasteiger partial charge in [0.15, 0.2) is 5.82 Å². The van der Waals surface area contributed by atoms with Crippen molar-refractivity contribution in [1.82, 2.24) is 19.9 Å². The first-order chi connectivity index (χ1) is 25.7. The highest BCUT2D eigenvalue weighted by Crippen LogP contribution is 2.37. The van der Waals surface area contributed by atoms with Crippen LogP contribution in [0.2, 0.25) is 0 Å². The summed E-state index contributed by atoms with van der Waals surface area (Å²) in [5.74, 6) is 0.636. The second-order valence-corrected chi connectivity index (χ2v) is 13.1. The van der Waals surface area contributed by atoms with E-state index in [-0.39, 0.29) is 0 Å². The summed E-state index contributed by atoms with van der Waals surface area (Å²) < 4.78 is 0. The zero-order valence-electron chi connectivity index (χ0n) is 28.1. The van der Waals surface area contributed by atoms with Gasteiger partial charge in [-0.3, -0.25) is 9.97 Å². The van der Waals surface area contributed by atoms with Gasteiger partial charge in [0.1, 0.15) is 0 Å². The van der Waals surface area contributed by atoms with Crippen LogP contribution < -0.4 is 0 Å². The Labute approximate surface area is 300 Å². The minimum atomic E-state index is 0.636. The SMILES string of the molecule is c1ccc2cc(-c3cc(-c4ccc5ccccc5c4)nc(-c4cc(-c5nccc6ccccc56)cc(-c5nccc6ccccc56)c4)n3)ccc2c1. The number of aromatic nitrogens is 4. The Kier molecular flexibility index (Phi) is 7.10. The van der Waals surface area contributed by atoms with Gasteiger partial charge >= 0.3 is 0 Å². The Morgan fingerprint density at radius 2 is 0.712 bits per heavy atom. The molecule has 3 aromatic heterocycles. The Hall–Kier alpha value is -7.04. The molecule has 0 saturated carbocycles. The Bertz CT molecular complexity index is 2780. The van der Waals surface area contributed by atoms with Crippen LogP contribution in [0.4, 0.5) is 0 Å². The molecule has 0 radical (unpaired) electrons. The van der Waals surface area contributed by atoms with E-state index in [0.29, 0.717) is 5.82 Å². The molecule has 7 aromatic carbocycles. The zero-order chi connectivity index (χ0) is 34.4. The van der Waals surface area contributed by atoms with Gasteiger partial charge in [-0.15, -0.1) is 0 Å². The third-order valence-electron chi connectivity index (χ3n) is 9.90. The maximum Gasteiger partial charge on any atom is 0.160 e. The molecular formula is C48H30N4. The molecule has 0 N–H and O–H groups in total. The van der Waals surface area contributed by atoms with Gasteiger partial charge in [0.2, 0.25) is 0 Å². The van der Waals surface area contributed by atoms with E-state index < -0.39 is 0 Å². The molecule has 0 bridgehead atoms. The summed E-state index contributed by atoms with van der Waals surface area (Å²) in [6.07, 6.45) is 3.77. The van der Waals surface area contributed by atoms with Crippen molar-refractivity contribution < 1.29 is 0 Å². The van der Waals surface area contributed by atoms with E-state index in [0.717, 1.165) is 72.1 Å². The average molecular weight is 663 g/mol. The minimum absolute atomic E-state index is 0.636. The highest BCUT2D eigenvalue weighted by atomic mass is 14.9. The molecule has 0 aliphatic rings. The third kappa shape index (κ3) is 5.34. The van der Waals surface area contributed by atoms with Crippen molar-refractivity contribution in [2.75, 3.05) is 0 Å². The van der Waals surface area contributed by atoms with Gasteiger partial charge in [0, 0.05) is 51.0 Å². The number of pyridine rings is 2. The van der Waals surface area contributed by atoms with Gasteiger partial charge < -0.3 is 0 Å². The van der Waals surface area contributed by atoms with Crippen molar-refractivity contribution in [3.05, 3.63) is 182 Å². The summed E-state index contributed by atoms with van der Waals surface area (Å²) in [5, 5.41) is 9.16.